The average molecular weight is 478 g/mol. The number of ketones is 1. The maximum absolute atomic E-state index is 13.1. The summed E-state index contributed by atoms with van der Waals surface area (Å²) >= 11 is 0. The highest BCUT2D eigenvalue weighted by atomic mass is 32.2. The van der Waals surface area contributed by atoms with E-state index in [-0.39, 0.29) is 30.6 Å². The van der Waals surface area contributed by atoms with Crippen molar-refractivity contribution in [2.24, 2.45) is 16.7 Å². The first-order chi connectivity index (χ1) is 14.1. The van der Waals surface area contributed by atoms with E-state index in [0.29, 0.717) is 6.42 Å². The third-order valence-corrected chi connectivity index (χ3v) is 9.48. The van der Waals surface area contributed by atoms with Crippen molar-refractivity contribution < 1.29 is 23.1 Å². The highest BCUT2D eigenvalue weighted by molar-refractivity contribution is 7.86. The third kappa shape index (κ3) is 7.23. The summed E-state index contributed by atoms with van der Waals surface area (Å²) in [6, 6.07) is -0.680. The minimum Gasteiger partial charge on any atom is -0.390 e. The number of nitrogens with one attached hydrogen (secondary N) is 1. The molecule has 0 bridgehead atoms. The molecule has 9 heteroatoms. The molecule has 0 saturated carbocycles. The fourth-order valence-electron chi connectivity index (χ4n) is 2.91. The van der Waals surface area contributed by atoms with Crippen molar-refractivity contribution in [3.05, 3.63) is 0 Å². The monoisotopic (exact) mass is 477 g/mol. The lowest BCUT2D eigenvalue weighted by Gasteiger charge is -2.41. The number of rotatable bonds is 13. The van der Waals surface area contributed by atoms with Crippen molar-refractivity contribution in [2.45, 2.75) is 99.8 Å². The fourth-order valence-corrected chi connectivity index (χ4v) is 4.42. The van der Waals surface area contributed by atoms with Crippen LogP contribution in [0.2, 0.25) is 0 Å². The van der Waals surface area contributed by atoms with Crippen LogP contribution in [0.3, 0.4) is 0 Å². The zero-order chi connectivity index (χ0) is 25.9. The van der Waals surface area contributed by atoms with Gasteiger partial charge in [0.2, 0.25) is 5.91 Å². The van der Waals surface area contributed by atoms with Crippen LogP contribution >= 0.6 is 0 Å². The lowest BCUT2D eigenvalue weighted by Crippen LogP contribution is -2.55. The van der Waals surface area contributed by atoms with Crippen LogP contribution in [0, 0.1) is 16.7 Å². The number of hydrogen-bond donors (Lipinski definition) is 2. The fraction of sp³-hybridized carbons (Fsp3) is 0.913. The van der Waals surface area contributed by atoms with Gasteiger partial charge in [-0.1, -0.05) is 48.5 Å². The van der Waals surface area contributed by atoms with Crippen molar-refractivity contribution in [1.29, 1.82) is 0 Å². The molecule has 0 aromatic carbocycles. The first-order valence-corrected chi connectivity index (χ1v) is 12.8. The van der Waals surface area contributed by atoms with Crippen LogP contribution in [0.15, 0.2) is 0 Å². The van der Waals surface area contributed by atoms with Crippen molar-refractivity contribution in [1.82, 2.24) is 13.9 Å². The number of hydrogen-bond acceptors (Lipinski definition) is 5. The summed E-state index contributed by atoms with van der Waals surface area (Å²) in [6.45, 7) is 18.1. The molecule has 0 aliphatic carbocycles. The van der Waals surface area contributed by atoms with Gasteiger partial charge in [0.05, 0.1) is 12.1 Å². The molecule has 32 heavy (non-hydrogen) atoms. The Balaban J connectivity index is 5.31. The molecule has 2 atom stereocenters. The molecule has 190 valence electrons. The van der Waals surface area contributed by atoms with Gasteiger partial charge in [-0.2, -0.15) is 17.0 Å². The van der Waals surface area contributed by atoms with Crippen LogP contribution in [0.25, 0.3) is 0 Å². The Morgan fingerprint density at radius 1 is 1.00 bits per heavy atom. The highest BCUT2D eigenvalue weighted by Gasteiger charge is 2.45. The molecule has 0 heterocycles. The Morgan fingerprint density at radius 3 is 1.88 bits per heavy atom. The molecule has 0 saturated heterocycles. The van der Waals surface area contributed by atoms with E-state index in [2.05, 4.69) is 5.32 Å². The van der Waals surface area contributed by atoms with E-state index < -0.39 is 38.7 Å². The summed E-state index contributed by atoms with van der Waals surface area (Å²) in [4.78, 5) is 25.3. The van der Waals surface area contributed by atoms with Gasteiger partial charge in [0.1, 0.15) is 5.78 Å². The van der Waals surface area contributed by atoms with Gasteiger partial charge in [-0.25, -0.2) is 0 Å². The van der Waals surface area contributed by atoms with Crippen LogP contribution in [-0.2, 0) is 19.8 Å². The predicted octanol–water partition coefficient (Wildman–Crippen LogP) is 2.82. The van der Waals surface area contributed by atoms with Gasteiger partial charge in [0.15, 0.2) is 0 Å². The zero-order valence-electron chi connectivity index (χ0n) is 22.2. The van der Waals surface area contributed by atoms with E-state index in [9.17, 15) is 23.1 Å². The Bertz CT molecular complexity index is 760. The Morgan fingerprint density at radius 2 is 1.47 bits per heavy atom. The number of amides is 1. The van der Waals surface area contributed by atoms with Crippen LogP contribution in [0.1, 0.15) is 82.1 Å². The van der Waals surface area contributed by atoms with E-state index in [4.69, 9.17) is 0 Å². The number of Topliss-reactive ketones (excluding diaryl/α,β-unsaturated/α-hetero) is 1. The number of carbonyl (C=O) groups excluding carboxylic acids is 2. The zero-order valence-corrected chi connectivity index (χ0v) is 23.1. The summed E-state index contributed by atoms with van der Waals surface area (Å²) in [6.07, 6.45) is -0.203. The van der Waals surface area contributed by atoms with E-state index >= 15 is 0 Å². The molecule has 0 fully saturated rings. The van der Waals surface area contributed by atoms with Gasteiger partial charge < -0.3 is 10.4 Å². The first kappa shape index (κ1) is 31.0. The molecule has 0 aromatic heterocycles. The molecule has 0 unspecified atom stereocenters. The topological polar surface area (TPSA) is 107 Å². The maximum Gasteiger partial charge on any atom is 0.282 e. The van der Waals surface area contributed by atoms with Gasteiger partial charge in [-0.3, -0.25) is 9.59 Å². The van der Waals surface area contributed by atoms with Crippen molar-refractivity contribution >= 4 is 21.9 Å². The minimum absolute atomic E-state index is 0.0925. The van der Waals surface area contributed by atoms with Gasteiger partial charge in [-0.05, 0) is 32.6 Å². The summed E-state index contributed by atoms with van der Waals surface area (Å²) in [5.74, 6) is -0.308. The van der Waals surface area contributed by atoms with Gasteiger partial charge in [0, 0.05) is 43.9 Å². The number of nitrogens with zero attached hydrogens (tertiary/aromatic N) is 2. The normalized spacial score (nSPS) is 15.9. The van der Waals surface area contributed by atoms with Crippen LogP contribution < -0.4 is 5.32 Å². The van der Waals surface area contributed by atoms with Crippen molar-refractivity contribution in [3.63, 3.8) is 0 Å². The van der Waals surface area contributed by atoms with Crippen molar-refractivity contribution in [2.75, 3.05) is 20.6 Å². The van der Waals surface area contributed by atoms with Gasteiger partial charge >= 0.3 is 0 Å². The molecule has 0 aliphatic rings. The lowest BCUT2D eigenvalue weighted by atomic mass is 9.64. The smallest absolute Gasteiger partial charge is 0.282 e. The molecule has 0 rings (SSSR count). The van der Waals surface area contributed by atoms with Crippen LogP contribution in [-0.4, -0.2) is 72.2 Å². The standard InChI is InChI=1S/C23H47N3O5S/c1-13-22(7,8)26(12)32(30,31)25(11)15-19(28)17(4)24-20(29)23(9,10)21(5,6)14-18(27)16(2)3/h16-17,19,28H,13-15H2,1-12H3,(H,24,29)/t17-,19+/m0/s1. The molecule has 0 aliphatic heterocycles. The summed E-state index contributed by atoms with van der Waals surface area (Å²) in [5, 5.41) is 13.5. The van der Waals surface area contributed by atoms with E-state index in [1.807, 2.05) is 48.5 Å². The summed E-state index contributed by atoms with van der Waals surface area (Å²) in [5.41, 5.74) is -2.05. The molecule has 8 nitrogen and oxygen atoms in total. The van der Waals surface area contributed by atoms with E-state index in [1.54, 1.807) is 20.8 Å². The second-order valence-corrected chi connectivity index (χ2v) is 13.1. The Kier molecular flexibility index (Phi) is 10.6. The van der Waals surface area contributed by atoms with E-state index in [1.165, 1.54) is 18.4 Å². The highest BCUT2D eigenvalue weighted by Crippen LogP contribution is 2.42. The first-order valence-electron chi connectivity index (χ1n) is 11.4. The SMILES string of the molecule is CCC(C)(C)N(C)S(=O)(=O)N(C)C[C@@H](O)[C@H](C)NC(=O)C(C)(C)C(C)(C)CC(=O)C(C)C. The molecule has 0 radical (unpaired) electrons. The number of aliphatic hydroxyl groups is 1. The average Bonchev–Trinajstić information content (AvgIpc) is 2.66. The third-order valence-electron chi connectivity index (χ3n) is 7.36. The predicted molar refractivity (Wildman–Crippen MR) is 129 cm³/mol. The number of likely N-dealkylation sites (N-methyl/N-ethyl adjacent to an activating group) is 1. The van der Waals surface area contributed by atoms with Crippen molar-refractivity contribution in [3.8, 4) is 0 Å². The molecular formula is C23H47N3O5S. The number of aliphatic hydroxyl groups excluding tert-OH is 1. The lowest BCUT2D eigenvalue weighted by molar-refractivity contribution is -0.139. The molecule has 0 aromatic rings. The Labute approximate surface area is 196 Å². The largest absolute Gasteiger partial charge is 0.390 e. The molecule has 1 amide bonds. The van der Waals surface area contributed by atoms with Gasteiger partial charge in [-0.15, -0.1) is 0 Å². The second-order valence-electron chi connectivity index (χ2n) is 11.1. The quantitative estimate of drug-likeness (QED) is 0.424. The molecular weight excluding hydrogens is 430 g/mol. The molecule has 0 spiro atoms. The maximum atomic E-state index is 13.1. The second kappa shape index (κ2) is 10.9. The number of carbonyl (C=O) groups is 2. The molecule has 2 N–H and O–H groups in total. The van der Waals surface area contributed by atoms with Crippen LogP contribution in [0.4, 0.5) is 0 Å². The Hall–Kier alpha value is -1.03. The summed E-state index contributed by atoms with van der Waals surface area (Å²) < 4.78 is 28.2. The minimum atomic E-state index is -3.78. The van der Waals surface area contributed by atoms with E-state index in [0.717, 1.165) is 4.31 Å². The van der Waals surface area contributed by atoms with Crippen LogP contribution in [0.5, 0.6) is 0 Å². The van der Waals surface area contributed by atoms with Gasteiger partial charge in [0.25, 0.3) is 10.2 Å². The summed E-state index contributed by atoms with van der Waals surface area (Å²) in [7, 11) is -0.842.